The van der Waals surface area contributed by atoms with Gasteiger partial charge in [0.2, 0.25) is 0 Å². The zero-order chi connectivity index (χ0) is 23.3. The van der Waals surface area contributed by atoms with Crippen molar-refractivity contribution in [1.82, 2.24) is 29.5 Å². The summed E-state index contributed by atoms with van der Waals surface area (Å²) in [6.07, 6.45) is -1.61. The van der Waals surface area contributed by atoms with Crippen molar-refractivity contribution in [2.75, 3.05) is 0 Å². The summed E-state index contributed by atoms with van der Waals surface area (Å²) in [7, 11) is 0. The summed E-state index contributed by atoms with van der Waals surface area (Å²) in [6.45, 7) is 7.64. The summed E-state index contributed by atoms with van der Waals surface area (Å²) >= 11 is 6.05. The molecule has 3 aromatic heterocycles. The molecule has 11 heteroatoms. The number of aromatic nitrogens is 6. The highest BCUT2D eigenvalue weighted by atomic mass is 35.5. The maximum atomic E-state index is 12.8. The second-order valence-electron chi connectivity index (χ2n) is 9.06. The average Bonchev–Trinajstić information content (AvgIpc) is 3.34. The molecule has 1 fully saturated rings. The van der Waals surface area contributed by atoms with E-state index in [2.05, 4.69) is 10.1 Å². The molecule has 0 aromatic carbocycles. The first kappa shape index (κ1) is 22.7. The van der Waals surface area contributed by atoms with Gasteiger partial charge >= 0.3 is 6.18 Å². The van der Waals surface area contributed by atoms with Crippen LogP contribution < -0.4 is 0 Å². The number of aryl methyl sites for hydroxylation is 1. The van der Waals surface area contributed by atoms with Crippen LogP contribution in [0.3, 0.4) is 0 Å². The quantitative estimate of drug-likeness (QED) is 0.473. The Balaban J connectivity index is 1.83. The minimum atomic E-state index is -4.29. The van der Waals surface area contributed by atoms with Gasteiger partial charge in [0.25, 0.3) is 0 Å². The van der Waals surface area contributed by atoms with E-state index < -0.39 is 23.8 Å². The van der Waals surface area contributed by atoms with Crippen LogP contribution >= 0.6 is 11.6 Å². The van der Waals surface area contributed by atoms with Gasteiger partial charge in [0, 0.05) is 24.4 Å². The lowest BCUT2D eigenvalue weighted by Gasteiger charge is -2.27. The van der Waals surface area contributed by atoms with E-state index in [1.165, 1.54) is 10.9 Å². The third kappa shape index (κ3) is 4.66. The lowest BCUT2D eigenvalue weighted by molar-refractivity contribution is -0.137. The largest absolute Gasteiger partial charge is 0.390 e. The van der Waals surface area contributed by atoms with Crippen LogP contribution in [0.15, 0.2) is 30.6 Å². The Hall–Kier alpha value is -2.46. The molecule has 0 radical (unpaired) electrons. The average molecular weight is 469 g/mol. The van der Waals surface area contributed by atoms with Gasteiger partial charge in [0.15, 0.2) is 11.6 Å². The van der Waals surface area contributed by atoms with Gasteiger partial charge in [0.05, 0.1) is 30.2 Å². The molecule has 0 spiro atoms. The van der Waals surface area contributed by atoms with E-state index in [1.807, 2.05) is 27.7 Å². The molecule has 1 saturated heterocycles. The van der Waals surface area contributed by atoms with Crippen molar-refractivity contribution in [3.63, 3.8) is 0 Å². The number of halogens is 4. The Labute approximate surface area is 188 Å². The third-order valence-corrected chi connectivity index (χ3v) is 5.70. The van der Waals surface area contributed by atoms with Crippen molar-refractivity contribution in [2.45, 2.75) is 70.5 Å². The smallest absolute Gasteiger partial charge is 0.367 e. The standard InChI is InChI=1S/C21H24ClF3N6O/c1-19(2)12-15(20(3,4)32-19)31-18(14-6-9-27-30(14)10-7-21(23,24)25)28-17(29-31)13-5-8-26-16(22)11-13/h5-6,8-9,11,15H,7,10,12H2,1-4H3. The van der Waals surface area contributed by atoms with Crippen molar-refractivity contribution >= 4 is 11.6 Å². The molecule has 0 aliphatic carbocycles. The maximum absolute atomic E-state index is 12.8. The van der Waals surface area contributed by atoms with Gasteiger partial charge < -0.3 is 4.74 Å². The zero-order valence-electron chi connectivity index (χ0n) is 18.2. The van der Waals surface area contributed by atoms with E-state index in [0.717, 1.165) is 0 Å². The summed E-state index contributed by atoms with van der Waals surface area (Å²) in [5.74, 6) is 0.820. The summed E-state index contributed by atoms with van der Waals surface area (Å²) in [4.78, 5) is 8.68. The fourth-order valence-electron chi connectivity index (χ4n) is 4.23. The van der Waals surface area contributed by atoms with Gasteiger partial charge in [-0.05, 0) is 45.9 Å². The molecule has 1 atom stereocenters. The molecule has 1 unspecified atom stereocenters. The summed E-state index contributed by atoms with van der Waals surface area (Å²) < 4.78 is 47.8. The van der Waals surface area contributed by atoms with E-state index in [9.17, 15) is 13.2 Å². The first-order chi connectivity index (χ1) is 14.8. The molecule has 4 heterocycles. The molecule has 0 amide bonds. The Bertz CT molecular complexity index is 1120. The molecule has 1 aliphatic rings. The second kappa shape index (κ2) is 7.84. The lowest BCUT2D eigenvalue weighted by atomic mass is 9.94. The predicted octanol–water partition coefficient (Wildman–Crippen LogP) is 5.33. The molecule has 172 valence electrons. The number of hydrogen-bond donors (Lipinski definition) is 0. The number of rotatable bonds is 5. The highest BCUT2D eigenvalue weighted by Gasteiger charge is 2.48. The van der Waals surface area contributed by atoms with Crippen molar-refractivity contribution in [3.05, 3.63) is 35.7 Å². The number of ether oxygens (including phenoxy) is 1. The van der Waals surface area contributed by atoms with Gasteiger partial charge in [-0.3, -0.25) is 4.68 Å². The maximum Gasteiger partial charge on any atom is 0.390 e. The molecule has 0 N–H and O–H groups in total. The van der Waals surface area contributed by atoms with Gasteiger partial charge in [0.1, 0.15) is 10.8 Å². The molecule has 32 heavy (non-hydrogen) atoms. The molecular formula is C21H24ClF3N6O. The van der Waals surface area contributed by atoms with E-state index in [1.54, 1.807) is 29.1 Å². The fraction of sp³-hybridized carbons (Fsp3) is 0.524. The molecule has 3 aromatic rings. The van der Waals surface area contributed by atoms with Crippen molar-refractivity contribution < 1.29 is 17.9 Å². The highest BCUT2D eigenvalue weighted by molar-refractivity contribution is 6.29. The van der Waals surface area contributed by atoms with E-state index in [0.29, 0.717) is 34.5 Å². The first-order valence-corrected chi connectivity index (χ1v) is 10.6. The first-order valence-electron chi connectivity index (χ1n) is 10.2. The van der Waals surface area contributed by atoms with Crippen molar-refractivity contribution in [3.8, 4) is 22.9 Å². The molecular weight excluding hydrogens is 445 g/mol. The van der Waals surface area contributed by atoms with Crippen molar-refractivity contribution in [1.29, 1.82) is 0 Å². The Kier molecular flexibility index (Phi) is 5.57. The molecule has 0 bridgehead atoms. The number of alkyl halides is 3. The molecule has 4 rings (SSSR count). The Morgan fingerprint density at radius 1 is 1.19 bits per heavy atom. The third-order valence-electron chi connectivity index (χ3n) is 5.49. The van der Waals surface area contributed by atoms with Gasteiger partial charge in [-0.1, -0.05) is 11.6 Å². The Morgan fingerprint density at radius 3 is 2.56 bits per heavy atom. The highest BCUT2D eigenvalue weighted by Crippen LogP contribution is 2.46. The van der Waals surface area contributed by atoms with E-state index >= 15 is 0 Å². The summed E-state index contributed by atoms with van der Waals surface area (Å²) in [6, 6.07) is 4.83. The predicted molar refractivity (Wildman–Crippen MR) is 113 cm³/mol. The number of nitrogens with zero attached hydrogens (tertiary/aromatic N) is 6. The SMILES string of the molecule is CC1(C)CC(n2nc(-c3ccnc(Cl)c3)nc2-c2ccnn2CCC(F)(F)F)C(C)(C)O1. The topological polar surface area (TPSA) is 70.7 Å². The van der Waals surface area contributed by atoms with Crippen LogP contribution in [-0.2, 0) is 11.3 Å². The fourth-order valence-corrected chi connectivity index (χ4v) is 4.40. The second-order valence-corrected chi connectivity index (χ2v) is 9.45. The van der Waals surface area contributed by atoms with Crippen LogP contribution in [0.25, 0.3) is 22.9 Å². The van der Waals surface area contributed by atoms with Gasteiger partial charge in [-0.15, -0.1) is 5.10 Å². The van der Waals surface area contributed by atoms with Crippen LogP contribution in [-0.4, -0.2) is 46.9 Å². The molecule has 1 aliphatic heterocycles. The molecule has 7 nitrogen and oxygen atoms in total. The zero-order valence-corrected chi connectivity index (χ0v) is 18.9. The van der Waals surface area contributed by atoms with Crippen molar-refractivity contribution in [2.24, 2.45) is 0 Å². The van der Waals surface area contributed by atoms with Crippen LogP contribution in [0.5, 0.6) is 0 Å². The van der Waals surface area contributed by atoms with E-state index in [4.69, 9.17) is 26.4 Å². The monoisotopic (exact) mass is 468 g/mol. The van der Waals surface area contributed by atoms with Gasteiger partial charge in [-0.25, -0.2) is 14.6 Å². The lowest BCUT2D eigenvalue weighted by Crippen LogP contribution is -2.32. The normalized spacial score (nSPS) is 20.1. The van der Waals surface area contributed by atoms with E-state index in [-0.39, 0.29) is 12.6 Å². The number of pyridine rings is 1. The van der Waals surface area contributed by atoms with Crippen LogP contribution in [0.2, 0.25) is 5.15 Å². The Morgan fingerprint density at radius 2 is 1.94 bits per heavy atom. The van der Waals surface area contributed by atoms with Crippen LogP contribution in [0, 0.1) is 0 Å². The summed E-state index contributed by atoms with van der Waals surface area (Å²) in [5, 5.41) is 9.14. The van der Waals surface area contributed by atoms with Gasteiger partial charge in [-0.2, -0.15) is 18.3 Å². The summed E-state index contributed by atoms with van der Waals surface area (Å²) in [5.41, 5.74) is 0.139. The molecule has 0 saturated carbocycles. The minimum absolute atomic E-state index is 0.197. The minimum Gasteiger partial charge on any atom is -0.367 e. The van der Waals surface area contributed by atoms with Crippen LogP contribution in [0.4, 0.5) is 13.2 Å². The van der Waals surface area contributed by atoms with Crippen LogP contribution in [0.1, 0.15) is 46.6 Å². The number of hydrogen-bond acceptors (Lipinski definition) is 5.